The molecule has 0 atom stereocenters. The van der Waals surface area contributed by atoms with Gasteiger partial charge in [-0.3, -0.25) is 0 Å². The van der Waals surface area contributed by atoms with Gasteiger partial charge in [-0.05, 0) is 42.2 Å². The topological polar surface area (TPSA) is 48.4 Å². The van der Waals surface area contributed by atoms with E-state index in [1.165, 1.54) is 5.56 Å². The minimum atomic E-state index is 0.425. The summed E-state index contributed by atoms with van der Waals surface area (Å²) < 4.78 is 11.4. The first-order valence-electron chi connectivity index (χ1n) is 6.61. The molecule has 0 amide bonds. The van der Waals surface area contributed by atoms with Crippen LogP contribution < -0.4 is 10.5 Å². The van der Waals surface area contributed by atoms with Crippen LogP contribution in [0.15, 0.2) is 34.7 Å². The number of furan rings is 1. The normalized spacial score (nSPS) is 11.0. The number of rotatable bonds is 5. The third kappa shape index (κ3) is 3.38. The average Bonchev–Trinajstić information content (AvgIpc) is 2.77. The van der Waals surface area contributed by atoms with Crippen molar-refractivity contribution in [2.45, 2.75) is 39.8 Å². The molecule has 1 aromatic carbocycles. The molecule has 0 bridgehead atoms. The SMILES string of the molecule is Cc1cc(COc2cccc(C(C)C)c2)oc1CN. The average molecular weight is 259 g/mol. The predicted molar refractivity (Wildman–Crippen MR) is 76.2 cm³/mol. The van der Waals surface area contributed by atoms with Gasteiger partial charge in [0, 0.05) is 0 Å². The summed E-state index contributed by atoms with van der Waals surface area (Å²) >= 11 is 0. The lowest BCUT2D eigenvalue weighted by molar-refractivity contribution is 0.266. The summed E-state index contributed by atoms with van der Waals surface area (Å²) in [6, 6.07) is 10.1. The molecular formula is C16H21NO2. The molecule has 2 aromatic rings. The second-order valence-corrected chi connectivity index (χ2v) is 5.04. The monoisotopic (exact) mass is 259 g/mol. The zero-order chi connectivity index (χ0) is 13.8. The highest BCUT2D eigenvalue weighted by molar-refractivity contribution is 5.30. The summed E-state index contributed by atoms with van der Waals surface area (Å²) in [6.07, 6.45) is 0. The van der Waals surface area contributed by atoms with Crippen molar-refractivity contribution in [3.63, 3.8) is 0 Å². The fraction of sp³-hybridized carbons (Fsp3) is 0.375. The Morgan fingerprint density at radius 3 is 2.68 bits per heavy atom. The molecule has 0 aliphatic heterocycles. The van der Waals surface area contributed by atoms with Crippen molar-refractivity contribution < 1.29 is 9.15 Å². The Morgan fingerprint density at radius 2 is 2.05 bits per heavy atom. The van der Waals surface area contributed by atoms with E-state index in [0.717, 1.165) is 22.8 Å². The Hall–Kier alpha value is -1.74. The van der Waals surface area contributed by atoms with Gasteiger partial charge in [-0.1, -0.05) is 26.0 Å². The van der Waals surface area contributed by atoms with Crippen LogP contribution in [-0.4, -0.2) is 0 Å². The van der Waals surface area contributed by atoms with E-state index in [2.05, 4.69) is 26.0 Å². The fourth-order valence-electron chi connectivity index (χ4n) is 1.98. The maximum Gasteiger partial charge on any atom is 0.146 e. The Balaban J connectivity index is 2.03. The summed E-state index contributed by atoms with van der Waals surface area (Å²) in [5.41, 5.74) is 7.94. The van der Waals surface area contributed by atoms with Crippen molar-refractivity contribution in [3.8, 4) is 5.75 Å². The minimum Gasteiger partial charge on any atom is -0.486 e. The fourth-order valence-corrected chi connectivity index (χ4v) is 1.98. The van der Waals surface area contributed by atoms with Crippen molar-refractivity contribution in [2.24, 2.45) is 5.73 Å². The lowest BCUT2D eigenvalue weighted by Crippen LogP contribution is -1.96. The zero-order valence-electron chi connectivity index (χ0n) is 11.8. The molecule has 2 rings (SSSR count). The maximum absolute atomic E-state index is 5.76. The van der Waals surface area contributed by atoms with Gasteiger partial charge >= 0.3 is 0 Å². The molecule has 1 heterocycles. The molecule has 0 saturated heterocycles. The Morgan fingerprint density at radius 1 is 1.26 bits per heavy atom. The molecule has 0 aliphatic carbocycles. The molecule has 3 nitrogen and oxygen atoms in total. The highest BCUT2D eigenvalue weighted by Gasteiger charge is 2.07. The lowest BCUT2D eigenvalue weighted by atomic mass is 10.0. The molecule has 0 aliphatic rings. The number of benzene rings is 1. The van der Waals surface area contributed by atoms with Gasteiger partial charge in [0.15, 0.2) is 0 Å². The minimum absolute atomic E-state index is 0.425. The number of nitrogens with two attached hydrogens (primary N) is 1. The first-order valence-corrected chi connectivity index (χ1v) is 6.61. The molecule has 0 unspecified atom stereocenters. The summed E-state index contributed by atoms with van der Waals surface area (Å²) in [4.78, 5) is 0. The van der Waals surface area contributed by atoms with Crippen LogP contribution in [0.25, 0.3) is 0 Å². The van der Waals surface area contributed by atoms with E-state index >= 15 is 0 Å². The zero-order valence-corrected chi connectivity index (χ0v) is 11.8. The molecule has 3 heteroatoms. The van der Waals surface area contributed by atoms with Crippen LogP contribution in [0.2, 0.25) is 0 Å². The predicted octanol–water partition coefficient (Wildman–Crippen LogP) is 3.75. The third-order valence-electron chi connectivity index (χ3n) is 3.16. The maximum atomic E-state index is 5.76. The lowest BCUT2D eigenvalue weighted by Gasteiger charge is -2.09. The number of aryl methyl sites for hydroxylation is 1. The standard InChI is InChI=1S/C16H21NO2/c1-11(2)13-5-4-6-14(8-13)18-10-15-7-12(3)16(9-17)19-15/h4-8,11H,9-10,17H2,1-3H3. The van der Waals surface area contributed by atoms with Crippen LogP contribution in [-0.2, 0) is 13.2 Å². The van der Waals surface area contributed by atoms with E-state index < -0.39 is 0 Å². The smallest absolute Gasteiger partial charge is 0.146 e. The van der Waals surface area contributed by atoms with E-state index in [1.54, 1.807) is 0 Å². The molecule has 102 valence electrons. The van der Waals surface area contributed by atoms with Crippen LogP contribution in [0.1, 0.15) is 42.4 Å². The van der Waals surface area contributed by atoms with Crippen molar-refractivity contribution in [1.82, 2.24) is 0 Å². The van der Waals surface area contributed by atoms with E-state index in [-0.39, 0.29) is 0 Å². The second-order valence-electron chi connectivity index (χ2n) is 5.04. The molecule has 0 fully saturated rings. The van der Waals surface area contributed by atoms with Gasteiger partial charge in [-0.15, -0.1) is 0 Å². The van der Waals surface area contributed by atoms with E-state index in [9.17, 15) is 0 Å². The number of ether oxygens (including phenoxy) is 1. The van der Waals surface area contributed by atoms with Crippen molar-refractivity contribution in [1.29, 1.82) is 0 Å². The van der Waals surface area contributed by atoms with Crippen LogP contribution >= 0.6 is 0 Å². The molecule has 0 radical (unpaired) electrons. The summed E-state index contributed by atoms with van der Waals surface area (Å²) in [5.74, 6) is 3.01. The van der Waals surface area contributed by atoms with Gasteiger partial charge in [-0.25, -0.2) is 0 Å². The van der Waals surface area contributed by atoms with E-state index in [4.69, 9.17) is 14.9 Å². The molecule has 2 N–H and O–H groups in total. The molecule has 0 saturated carbocycles. The van der Waals surface area contributed by atoms with Crippen LogP contribution in [0.4, 0.5) is 0 Å². The van der Waals surface area contributed by atoms with Gasteiger partial charge in [0.25, 0.3) is 0 Å². The summed E-state index contributed by atoms with van der Waals surface area (Å²) in [7, 11) is 0. The Bertz CT molecular complexity index is 543. The van der Waals surface area contributed by atoms with Crippen LogP contribution in [0.5, 0.6) is 5.75 Å². The van der Waals surface area contributed by atoms with E-state index in [1.807, 2.05) is 25.1 Å². The van der Waals surface area contributed by atoms with Crippen LogP contribution in [0.3, 0.4) is 0 Å². The molecular weight excluding hydrogens is 238 g/mol. The van der Waals surface area contributed by atoms with Gasteiger partial charge in [0.2, 0.25) is 0 Å². The van der Waals surface area contributed by atoms with Crippen molar-refractivity contribution >= 4 is 0 Å². The summed E-state index contributed by atoms with van der Waals surface area (Å²) in [5, 5.41) is 0. The van der Waals surface area contributed by atoms with Gasteiger partial charge in [0.05, 0.1) is 6.54 Å². The van der Waals surface area contributed by atoms with Crippen molar-refractivity contribution in [2.75, 3.05) is 0 Å². The Kier molecular flexibility index (Phi) is 4.27. The second kappa shape index (κ2) is 5.93. The Labute approximate surface area is 114 Å². The highest BCUT2D eigenvalue weighted by atomic mass is 16.5. The van der Waals surface area contributed by atoms with Crippen LogP contribution in [0, 0.1) is 6.92 Å². The molecule has 1 aromatic heterocycles. The largest absolute Gasteiger partial charge is 0.486 e. The van der Waals surface area contributed by atoms with Gasteiger partial charge in [-0.2, -0.15) is 0 Å². The quantitative estimate of drug-likeness (QED) is 0.889. The third-order valence-corrected chi connectivity index (χ3v) is 3.16. The molecule has 0 spiro atoms. The number of hydrogen-bond donors (Lipinski definition) is 1. The van der Waals surface area contributed by atoms with Crippen molar-refractivity contribution in [3.05, 3.63) is 53.0 Å². The number of hydrogen-bond acceptors (Lipinski definition) is 3. The van der Waals surface area contributed by atoms with E-state index in [0.29, 0.717) is 19.1 Å². The first-order chi connectivity index (χ1) is 9.10. The molecule has 19 heavy (non-hydrogen) atoms. The van der Waals surface area contributed by atoms with Gasteiger partial charge < -0.3 is 14.9 Å². The highest BCUT2D eigenvalue weighted by Crippen LogP contribution is 2.22. The van der Waals surface area contributed by atoms with Gasteiger partial charge in [0.1, 0.15) is 23.9 Å². The summed E-state index contributed by atoms with van der Waals surface area (Å²) in [6.45, 7) is 7.19. The first kappa shape index (κ1) is 13.7.